The number of amides is 1. The van der Waals surface area contributed by atoms with Crippen molar-refractivity contribution in [1.29, 1.82) is 0 Å². The predicted octanol–water partition coefficient (Wildman–Crippen LogP) is 1.94. The lowest BCUT2D eigenvalue weighted by Crippen LogP contribution is -2.37. The number of amidine groups is 1. The zero-order valence-electron chi connectivity index (χ0n) is 10.1. The minimum Gasteiger partial charge on any atom is -0.409 e. The molecule has 1 amide bonds. The molecule has 98 valence electrons. The van der Waals surface area contributed by atoms with Gasteiger partial charge in [0.1, 0.15) is 5.84 Å². The SMILES string of the molecule is CCC(CC(N)=NO)NC(=O)c1ccccc1I. The lowest BCUT2D eigenvalue weighted by molar-refractivity contribution is 0.0936. The van der Waals surface area contributed by atoms with E-state index in [9.17, 15) is 4.79 Å². The highest BCUT2D eigenvalue weighted by molar-refractivity contribution is 14.1. The Morgan fingerprint density at radius 2 is 2.22 bits per heavy atom. The molecule has 0 heterocycles. The Morgan fingerprint density at radius 1 is 1.56 bits per heavy atom. The number of benzene rings is 1. The van der Waals surface area contributed by atoms with Crippen molar-refractivity contribution in [2.24, 2.45) is 10.9 Å². The minimum absolute atomic E-state index is 0.116. The van der Waals surface area contributed by atoms with Gasteiger partial charge in [-0.25, -0.2) is 0 Å². The average Bonchev–Trinajstić information content (AvgIpc) is 2.38. The second kappa shape index (κ2) is 7.20. The molecule has 4 N–H and O–H groups in total. The molecule has 0 aliphatic rings. The third-order valence-corrected chi connectivity index (χ3v) is 3.47. The smallest absolute Gasteiger partial charge is 0.252 e. The first-order valence-electron chi connectivity index (χ1n) is 5.60. The van der Waals surface area contributed by atoms with Crippen LogP contribution >= 0.6 is 22.6 Å². The summed E-state index contributed by atoms with van der Waals surface area (Å²) in [6.45, 7) is 1.94. The van der Waals surface area contributed by atoms with Crippen molar-refractivity contribution in [3.8, 4) is 0 Å². The maximum Gasteiger partial charge on any atom is 0.252 e. The first kappa shape index (κ1) is 14.7. The maximum absolute atomic E-state index is 12.0. The van der Waals surface area contributed by atoms with Crippen molar-refractivity contribution in [2.45, 2.75) is 25.8 Å². The van der Waals surface area contributed by atoms with Gasteiger partial charge in [0.25, 0.3) is 5.91 Å². The molecule has 0 saturated heterocycles. The van der Waals surface area contributed by atoms with Crippen LogP contribution in [0.3, 0.4) is 0 Å². The molecule has 0 saturated carbocycles. The van der Waals surface area contributed by atoms with Crippen LogP contribution in [0.25, 0.3) is 0 Å². The number of hydrogen-bond donors (Lipinski definition) is 3. The predicted molar refractivity (Wildman–Crippen MR) is 78.7 cm³/mol. The van der Waals surface area contributed by atoms with Gasteiger partial charge in [0.15, 0.2) is 0 Å². The number of rotatable bonds is 5. The van der Waals surface area contributed by atoms with Gasteiger partial charge in [0.2, 0.25) is 0 Å². The molecule has 0 aliphatic carbocycles. The molecule has 6 heteroatoms. The molecule has 0 fully saturated rings. The summed E-state index contributed by atoms with van der Waals surface area (Å²) in [6, 6.07) is 7.21. The Balaban J connectivity index is 2.71. The number of halogens is 1. The molecule has 0 bridgehead atoms. The van der Waals surface area contributed by atoms with Crippen LogP contribution < -0.4 is 11.1 Å². The van der Waals surface area contributed by atoms with E-state index < -0.39 is 0 Å². The summed E-state index contributed by atoms with van der Waals surface area (Å²) in [7, 11) is 0. The zero-order chi connectivity index (χ0) is 13.5. The molecule has 0 aromatic heterocycles. The van der Waals surface area contributed by atoms with E-state index in [1.807, 2.05) is 25.1 Å². The summed E-state index contributed by atoms with van der Waals surface area (Å²) in [6.07, 6.45) is 1.05. The number of carbonyl (C=O) groups is 1. The molecule has 1 rings (SSSR count). The average molecular weight is 361 g/mol. The first-order valence-corrected chi connectivity index (χ1v) is 6.68. The highest BCUT2D eigenvalue weighted by Gasteiger charge is 2.15. The van der Waals surface area contributed by atoms with Gasteiger partial charge < -0.3 is 16.3 Å². The number of nitrogens with one attached hydrogen (secondary N) is 1. The molecule has 1 unspecified atom stereocenters. The van der Waals surface area contributed by atoms with Crippen LogP contribution in [0.2, 0.25) is 0 Å². The fourth-order valence-corrected chi connectivity index (χ4v) is 2.13. The molecule has 1 aromatic rings. The monoisotopic (exact) mass is 361 g/mol. The highest BCUT2D eigenvalue weighted by Crippen LogP contribution is 2.12. The Bertz CT molecular complexity index is 449. The zero-order valence-corrected chi connectivity index (χ0v) is 12.2. The van der Waals surface area contributed by atoms with E-state index >= 15 is 0 Å². The summed E-state index contributed by atoms with van der Waals surface area (Å²) in [5, 5.41) is 14.3. The van der Waals surface area contributed by atoms with Gasteiger partial charge in [-0.1, -0.05) is 24.2 Å². The van der Waals surface area contributed by atoms with Crippen LogP contribution in [-0.2, 0) is 0 Å². The van der Waals surface area contributed by atoms with Gasteiger partial charge in [-0.15, -0.1) is 0 Å². The second-order valence-corrected chi connectivity index (χ2v) is 5.02. The molecule has 5 nitrogen and oxygen atoms in total. The van der Waals surface area contributed by atoms with Crippen molar-refractivity contribution >= 4 is 34.3 Å². The standard InChI is InChI=1S/C12H16IN3O2/c1-2-8(7-11(14)16-18)15-12(17)9-5-3-4-6-10(9)13/h3-6,8,18H,2,7H2,1H3,(H2,14,16)(H,15,17). The van der Waals surface area contributed by atoms with Gasteiger partial charge in [-0.3, -0.25) is 4.79 Å². The van der Waals surface area contributed by atoms with Gasteiger partial charge in [-0.05, 0) is 41.1 Å². The molecule has 18 heavy (non-hydrogen) atoms. The Labute approximate surface area is 120 Å². The van der Waals surface area contributed by atoms with Crippen LogP contribution in [0.4, 0.5) is 0 Å². The molecule has 0 aliphatic heterocycles. The normalized spacial score (nSPS) is 13.1. The highest BCUT2D eigenvalue weighted by atomic mass is 127. The quantitative estimate of drug-likeness (QED) is 0.246. The van der Waals surface area contributed by atoms with E-state index in [4.69, 9.17) is 10.9 Å². The largest absolute Gasteiger partial charge is 0.409 e. The number of nitrogens with zero attached hydrogens (tertiary/aromatic N) is 1. The van der Waals surface area contributed by atoms with Gasteiger partial charge in [0, 0.05) is 16.0 Å². The first-order chi connectivity index (χ1) is 8.58. The van der Waals surface area contributed by atoms with Gasteiger partial charge in [0.05, 0.1) is 5.56 Å². The third kappa shape index (κ3) is 4.17. The van der Waals surface area contributed by atoms with Crippen molar-refractivity contribution in [3.05, 3.63) is 33.4 Å². The molecule has 0 radical (unpaired) electrons. The fourth-order valence-electron chi connectivity index (χ4n) is 1.50. The van der Waals surface area contributed by atoms with Crippen LogP contribution in [0.5, 0.6) is 0 Å². The van der Waals surface area contributed by atoms with Crippen molar-refractivity contribution in [2.75, 3.05) is 0 Å². The van der Waals surface area contributed by atoms with Gasteiger partial charge in [-0.2, -0.15) is 0 Å². The summed E-state index contributed by atoms with van der Waals surface area (Å²) in [4.78, 5) is 12.0. The maximum atomic E-state index is 12.0. The van der Waals surface area contributed by atoms with Crippen molar-refractivity contribution < 1.29 is 10.0 Å². The molecule has 1 atom stereocenters. The van der Waals surface area contributed by atoms with E-state index in [0.29, 0.717) is 18.4 Å². The second-order valence-electron chi connectivity index (χ2n) is 3.85. The summed E-state index contributed by atoms with van der Waals surface area (Å²) in [5.74, 6) is -0.0255. The van der Waals surface area contributed by atoms with Crippen LogP contribution in [-0.4, -0.2) is 23.0 Å². The van der Waals surface area contributed by atoms with E-state index in [0.717, 1.165) is 3.57 Å². The number of oxime groups is 1. The number of carbonyl (C=O) groups excluding carboxylic acids is 1. The third-order valence-electron chi connectivity index (χ3n) is 2.53. The molecular weight excluding hydrogens is 345 g/mol. The van der Waals surface area contributed by atoms with E-state index in [1.165, 1.54) is 0 Å². The van der Waals surface area contributed by atoms with E-state index in [2.05, 4.69) is 33.1 Å². The Hall–Kier alpha value is -1.31. The summed E-state index contributed by atoms with van der Waals surface area (Å²) < 4.78 is 0.895. The summed E-state index contributed by atoms with van der Waals surface area (Å²) >= 11 is 2.12. The van der Waals surface area contributed by atoms with E-state index in [1.54, 1.807) is 6.07 Å². The number of nitrogens with two attached hydrogens (primary N) is 1. The summed E-state index contributed by atoms with van der Waals surface area (Å²) in [5.41, 5.74) is 6.08. The van der Waals surface area contributed by atoms with Crippen LogP contribution in [0, 0.1) is 3.57 Å². The van der Waals surface area contributed by atoms with E-state index in [-0.39, 0.29) is 17.8 Å². The minimum atomic E-state index is -0.141. The van der Waals surface area contributed by atoms with Crippen LogP contribution in [0.15, 0.2) is 29.4 Å². The Kier molecular flexibility index (Phi) is 5.90. The fraction of sp³-hybridized carbons (Fsp3) is 0.333. The van der Waals surface area contributed by atoms with Crippen LogP contribution in [0.1, 0.15) is 30.1 Å². The molecule has 1 aromatic carbocycles. The lowest BCUT2D eigenvalue weighted by atomic mass is 10.1. The lowest BCUT2D eigenvalue weighted by Gasteiger charge is -2.16. The molecule has 0 spiro atoms. The van der Waals surface area contributed by atoms with Gasteiger partial charge >= 0.3 is 0 Å². The molecular formula is C12H16IN3O2. The Morgan fingerprint density at radius 3 is 2.78 bits per heavy atom. The van der Waals surface area contributed by atoms with Crippen molar-refractivity contribution in [1.82, 2.24) is 5.32 Å². The van der Waals surface area contributed by atoms with Crippen molar-refractivity contribution in [3.63, 3.8) is 0 Å². The topological polar surface area (TPSA) is 87.7 Å². The number of hydrogen-bond acceptors (Lipinski definition) is 3.